The number of aromatic nitrogens is 1. The van der Waals surface area contributed by atoms with Crippen LogP contribution in [-0.4, -0.2) is 16.7 Å². The molecule has 2 N–H and O–H groups in total. The molecule has 5 heteroatoms. The number of nitrogens with one attached hydrogen (secondary N) is 2. The number of para-hydroxylation sites is 3. The fourth-order valence-corrected chi connectivity index (χ4v) is 5.94. The zero-order valence-electron chi connectivity index (χ0n) is 19.9. The highest BCUT2D eigenvalue weighted by atomic mass is 16.2. The minimum absolute atomic E-state index is 0.0173. The van der Waals surface area contributed by atoms with Gasteiger partial charge in [-0.2, -0.15) is 0 Å². The molecule has 7 rings (SSSR count). The largest absolute Gasteiger partial charge is 0.361 e. The van der Waals surface area contributed by atoms with Crippen LogP contribution in [0.2, 0.25) is 0 Å². The fraction of sp³-hybridized carbons (Fsp3) is 0.226. The zero-order chi connectivity index (χ0) is 24.2. The third-order valence-corrected chi connectivity index (χ3v) is 7.84. The molecule has 2 unspecified atom stereocenters. The summed E-state index contributed by atoms with van der Waals surface area (Å²) in [6.07, 6.45) is 4.95. The van der Waals surface area contributed by atoms with Gasteiger partial charge < -0.3 is 10.3 Å². The molecule has 3 aromatic carbocycles. The van der Waals surface area contributed by atoms with Gasteiger partial charge in [-0.3, -0.25) is 14.5 Å². The number of ketones is 1. The second kappa shape index (κ2) is 8.23. The number of anilines is 2. The molecule has 0 saturated heterocycles. The number of benzene rings is 3. The molecule has 2 aliphatic carbocycles. The van der Waals surface area contributed by atoms with E-state index < -0.39 is 6.04 Å². The first-order chi connectivity index (χ1) is 17.7. The maximum absolute atomic E-state index is 14.1. The number of fused-ring (bicyclic) bond motifs is 2. The van der Waals surface area contributed by atoms with Gasteiger partial charge in [-0.15, -0.1) is 0 Å². The van der Waals surface area contributed by atoms with E-state index in [-0.39, 0.29) is 23.5 Å². The number of carbonyl (C=O) groups excluding carboxylic acids is 2. The van der Waals surface area contributed by atoms with Crippen molar-refractivity contribution in [3.8, 4) is 0 Å². The fourth-order valence-electron chi connectivity index (χ4n) is 5.94. The van der Waals surface area contributed by atoms with Crippen LogP contribution in [0.15, 0.2) is 96.3 Å². The molecule has 0 spiro atoms. The van der Waals surface area contributed by atoms with Crippen molar-refractivity contribution in [2.24, 2.45) is 5.92 Å². The highest BCUT2D eigenvalue weighted by molar-refractivity contribution is 6.08. The van der Waals surface area contributed by atoms with Gasteiger partial charge in [0.25, 0.3) is 0 Å². The molecule has 1 saturated carbocycles. The third kappa shape index (κ3) is 3.38. The number of amides is 1. The molecular weight excluding hydrogens is 446 g/mol. The van der Waals surface area contributed by atoms with Gasteiger partial charge in [0.2, 0.25) is 5.91 Å². The van der Waals surface area contributed by atoms with Crippen LogP contribution in [0.1, 0.15) is 48.8 Å². The van der Waals surface area contributed by atoms with E-state index in [0.717, 1.165) is 58.4 Å². The van der Waals surface area contributed by atoms with Crippen molar-refractivity contribution in [1.29, 1.82) is 0 Å². The summed E-state index contributed by atoms with van der Waals surface area (Å²) in [7, 11) is 0. The number of hydrogen-bond donors (Lipinski definition) is 2. The summed E-state index contributed by atoms with van der Waals surface area (Å²) < 4.78 is 0. The van der Waals surface area contributed by atoms with Gasteiger partial charge in [0, 0.05) is 46.3 Å². The normalized spacial score (nSPS) is 21.6. The lowest BCUT2D eigenvalue weighted by molar-refractivity contribution is -0.120. The van der Waals surface area contributed by atoms with E-state index in [9.17, 15) is 9.59 Å². The van der Waals surface area contributed by atoms with Gasteiger partial charge in [0.15, 0.2) is 5.78 Å². The Bertz CT molecular complexity index is 1530. The van der Waals surface area contributed by atoms with Crippen molar-refractivity contribution in [2.75, 3.05) is 10.2 Å². The highest BCUT2D eigenvalue weighted by Gasteiger charge is 2.45. The Labute approximate surface area is 209 Å². The lowest BCUT2D eigenvalue weighted by atomic mass is 9.78. The molecule has 4 aromatic rings. The molecule has 1 aromatic heterocycles. The predicted octanol–water partition coefficient (Wildman–Crippen LogP) is 6.48. The van der Waals surface area contributed by atoms with Crippen LogP contribution < -0.4 is 10.2 Å². The summed E-state index contributed by atoms with van der Waals surface area (Å²) in [4.78, 5) is 33.3. The molecule has 2 heterocycles. The molecule has 2 atom stereocenters. The molecule has 1 amide bonds. The predicted molar refractivity (Wildman–Crippen MR) is 142 cm³/mol. The maximum Gasteiger partial charge on any atom is 0.231 e. The van der Waals surface area contributed by atoms with E-state index in [1.165, 1.54) is 5.56 Å². The van der Waals surface area contributed by atoms with E-state index in [0.29, 0.717) is 6.42 Å². The maximum atomic E-state index is 14.1. The van der Waals surface area contributed by atoms with Crippen LogP contribution in [0.25, 0.3) is 10.9 Å². The Morgan fingerprint density at radius 1 is 0.861 bits per heavy atom. The van der Waals surface area contributed by atoms with Crippen LogP contribution in [0, 0.1) is 5.92 Å². The molecule has 1 aliphatic heterocycles. The topological polar surface area (TPSA) is 65.2 Å². The Balaban J connectivity index is 1.46. The monoisotopic (exact) mass is 473 g/mol. The van der Waals surface area contributed by atoms with Crippen molar-refractivity contribution in [1.82, 2.24) is 4.98 Å². The van der Waals surface area contributed by atoms with Crippen molar-refractivity contribution >= 4 is 34.0 Å². The lowest BCUT2D eigenvalue weighted by Gasteiger charge is -2.35. The van der Waals surface area contributed by atoms with E-state index in [2.05, 4.69) is 28.5 Å². The van der Waals surface area contributed by atoms with Gasteiger partial charge in [-0.1, -0.05) is 60.7 Å². The zero-order valence-corrected chi connectivity index (χ0v) is 19.9. The summed E-state index contributed by atoms with van der Waals surface area (Å²) in [6, 6.07) is 25.9. The Morgan fingerprint density at radius 2 is 1.61 bits per heavy atom. The summed E-state index contributed by atoms with van der Waals surface area (Å²) >= 11 is 0. The summed E-state index contributed by atoms with van der Waals surface area (Å²) in [6.45, 7) is 0. The van der Waals surface area contributed by atoms with Crippen LogP contribution in [0.5, 0.6) is 0 Å². The number of aromatic amines is 1. The molecule has 1 fully saturated rings. The van der Waals surface area contributed by atoms with E-state index >= 15 is 0 Å². The SMILES string of the molecule is O=C1CC(c2ccccc2)CC2=C1C(c1c[nH]c3ccccc13)N(C(=O)C1CC1)c1ccccc1N2. The quantitative estimate of drug-likeness (QED) is 0.358. The van der Waals surface area contributed by atoms with Crippen molar-refractivity contribution in [3.63, 3.8) is 0 Å². The number of allylic oxidation sites excluding steroid dienone is 1. The van der Waals surface area contributed by atoms with Gasteiger partial charge in [-0.05, 0) is 48.9 Å². The molecule has 3 aliphatic rings. The number of nitrogens with zero attached hydrogens (tertiary/aromatic N) is 1. The van der Waals surface area contributed by atoms with Gasteiger partial charge in [0.1, 0.15) is 0 Å². The molecule has 0 bridgehead atoms. The average molecular weight is 474 g/mol. The molecular formula is C31H27N3O2. The smallest absolute Gasteiger partial charge is 0.231 e. The Kier molecular flexibility index (Phi) is 4.84. The Morgan fingerprint density at radius 3 is 2.44 bits per heavy atom. The number of H-pyrrole nitrogens is 1. The van der Waals surface area contributed by atoms with Crippen LogP contribution in [-0.2, 0) is 9.59 Å². The molecule has 5 nitrogen and oxygen atoms in total. The minimum Gasteiger partial charge on any atom is -0.361 e. The third-order valence-electron chi connectivity index (χ3n) is 7.84. The number of hydrogen-bond acceptors (Lipinski definition) is 3. The molecule has 178 valence electrons. The number of carbonyl (C=O) groups is 2. The highest BCUT2D eigenvalue weighted by Crippen LogP contribution is 2.50. The number of Topliss-reactive ketones (excluding diaryl/α,β-unsaturated/α-hetero) is 1. The van der Waals surface area contributed by atoms with Crippen molar-refractivity contribution in [3.05, 3.63) is 107 Å². The van der Waals surface area contributed by atoms with Crippen molar-refractivity contribution < 1.29 is 9.59 Å². The van der Waals surface area contributed by atoms with Gasteiger partial charge in [-0.25, -0.2) is 0 Å². The summed E-state index contributed by atoms with van der Waals surface area (Å²) in [5.74, 6) is 0.329. The van der Waals surface area contributed by atoms with Gasteiger partial charge >= 0.3 is 0 Å². The minimum atomic E-state index is -0.482. The lowest BCUT2D eigenvalue weighted by Crippen LogP contribution is -2.39. The second-order valence-corrected chi connectivity index (χ2v) is 10.1. The van der Waals surface area contributed by atoms with E-state index in [1.807, 2.05) is 71.8 Å². The van der Waals surface area contributed by atoms with Crippen LogP contribution >= 0.6 is 0 Å². The standard InChI is InChI=1S/C31H27N3O2/c35-28-17-21(19-8-2-1-3-9-19)16-26-29(28)30(23-18-32-24-11-5-4-10-22(23)24)34(31(36)20-14-15-20)27-13-7-6-12-25(27)33-26/h1-13,18,20-21,30,32-33H,14-17H2. The first-order valence-corrected chi connectivity index (χ1v) is 12.8. The second-order valence-electron chi connectivity index (χ2n) is 10.1. The van der Waals surface area contributed by atoms with Gasteiger partial charge in [0.05, 0.1) is 17.4 Å². The van der Waals surface area contributed by atoms with Crippen LogP contribution in [0.3, 0.4) is 0 Å². The first-order valence-electron chi connectivity index (χ1n) is 12.8. The first kappa shape index (κ1) is 21.2. The van der Waals surface area contributed by atoms with E-state index in [4.69, 9.17) is 0 Å². The molecule has 36 heavy (non-hydrogen) atoms. The summed E-state index contributed by atoms with van der Waals surface area (Å²) in [5.41, 5.74) is 6.50. The van der Waals surface area contributed by atoms with Crippen LogP contribution in [0.4, 0.5) is 11.4 Å². The average Bonchev–Trinajstić information content (AvgIpc) is 3.70. The number of rotatable bonds is 3. The Hall–Kier alpha value is -4.12. The summed E-state index contributed by atoms with van der Waals surface area (Å²) in [5, 5.41) is 4.67. The molecule has 0 radical (unpaired) electrons. The van der Waals surface area contributed by atoms with E-state index in [1.54, 1.807) is 0 Å². The van der Waals surface area contributed by atoms with Crippen molar-refractivity contribution in [2.45, 2.75) is 37.6 Å².